The number of fused-ring (bicyclic) bond motifs is 3. The number of hydrogen-bond acceptors (Lipinski definition) is 2. The van der Waals surface area contributed by atoms with Gasteiger partial charge in [-0.25, -0.2) is 0 Å². The second-order valence-corrected chi connectivity index (χ2v) is 7.94. The van der Waals surface area contributed by atoms with E-state index in [1.165, 1.54) is 10.9 Å². The Labute approximate surface area is 163 Å². The third-order valence-corrected chi connectivity index (χ3v) is 5.86. The zero-order chi connectivity index (χ0) is 19.1. The number of carbonyl (C=O) groups is 1. The van der Waals surface area contributed by atoms with E-state index in [4.69, 9.17) is 11.6 Å². The summed E-state index contributed by atoms with van der Waals surface area (Å²) in [5, 5.41) is 11.4. The van der Waals surface area contributed by atoms with Crippen molar-refractivity contribution in [2.45, 2.75) is 32.4 Å². The minimum atomic E-state index is -0.764. The normalized spacial score (nSPS) is 21.1. The molecule has 1 aliphatic heterocycles. The lowest BCUT2D eigenvalue weighted by atomic mass is 9.88. The fourth-order valence-corrected chi connectivity index (χ4v) is 4.32. The summed E-state index contributed by atoms with van der Waals surface area (Å²) in [7, 11) is 0. The number of para-hydroxylation sites is 1. The van der Waals surface area contributed by atoms with Crippen molar-refractivity contribution in [1.29, 1.82) is 0 Å². The van der Waals surface area contributed by atoms with Gasteiger partial charge >= 0.3 is 5.97 Å². The van der Waals surface area contributed by atoms with Crippen molar-refractivity contribution in [1.82, 2.24) is 9.88 Å². The molecule has 0 radical (unpaired) electrons. The summed E-state index contributed by atoms with van der Waals surface area (Å²) in [6.07, 6.45) is 0.899. The molecule has 0 spiro atoms. The maximum Gasteiger partial charge on any atom is 0.307 e. The Kier molecular flexibility index (Phi) is 4.70. The first-order chi connectivity index (χ1) is 13.0. The van der Waals surface area contributed by atoms with E-state index in [2.05, 4.69) is 35.0 Å². The molecular weight excluding hydrogens is 360 g/mol. The van der Waals surface area contributed by atoms with E-state index in [0.29, 0.717) is 11.6 Å². The highest BCUT2D eigenvalue weighted by molar-refractivity contribution is 6.30. The molecule has 0 bridgehead atoms. The molecule has 2 aromatic carbocycles. The van der Waals surface area contributed by atoms with Gasteiger partial charge in [0.15, 0.2) is 0 Å². The molecule has 0 amide bonds. The molecule has 0 aliphatic carbocycles. The smallest absolute Gasteiger partial charge is 0.307 e. The van der Waals surface area contributed by atoms with Gasteiger partial charge < -0.3 is 10.1 Å². The van der Waals surface area contributed by atoms with Crippen molar-refractivity contribution in [3.05, 3.63) is 70.4 Å². The van der Waals surface area contributed by atoms with Gasteiger partial charge in [0.25, 0.3) is 0 Å². The molecule has 2 N–H and O–H groups in total. The number of rotatable bonds is 4. The maximum atomic E-state index is 11.5. The van der Waals surface area contributed by atoms with Crippen LogP contribution in [0.1, 0.15) is 36.7 Å². The molecule has 1 aliphatic rings. The van der Waals surface area contributed by atoms with E-state index < -0.39 is 11.9 Å². The van der Waals surface area contributed by atoms with Gasteiger partial charge in [0.05, 0.1) is 12.0 Å². The number of nitrogens with one attached hydrogen (secondary N) is 1. The molecule has 4 rings (SSSR count). The van der Waals surface area contributed by atoms with Crippen LogP contribution in [0.15, 0.2) is 48.5 Å². The van der Waals surface area contributed by atoms with Gasteiger partial charge in [-0.05, 0) is 42.7 Å². The molecule has 0 fully saturated rings. The predicted octanol–water partition coefficient (Wildman–Crippen LogP) is 4.88. The minimum absolute atomic E-state index is 0.0183. The predicted molar refractivity (Wildman–Crippen MR) is 108 cm³/mol. The second-order valence-electron chi connectivity index (χ2n) is 7.51. The average Bonchev–Trinajstić information content (AvgIpc) is 3.01. The SMILES string of the molecule is CC(CN1[C@H](c2ccc(Cl)cc2)c2[nH]c3ccccc3c2C[C@H]1C)C(=O)O. The zero-order valence-electron chi connectivity index (χ0n) is 15.4. The molecule has 4 nitrogen and oxygen atoms in total. The van der Waals surface area contributed by atoms with Crippen LogP contribution in [0.3, 0.4) is 0 Å². The molecule has 0 saturated carbocycles. The summed E-state index contributed by atoms with van der Waals surface area (Å²) in [4.78, 5) is 17.4. The Morgan fingerprint density at radius 1 is 1.26 bits per heavy atom. The molecule has 2 heterocycles. The van der Waals surface area contributed by atoms with Crippen LogP contribution in [0.5, 0.6) is 0 Å². The standard InChI is InChI=1S/C22H23ClN2O2/c1-13(22(26)27)12-25-14(2)11-18-17-5-3-4-6-19(17)24-20(18)21(25)15-7-9-16(23)10-8-15/h3-10,13-14,21,24H,11-12H2,1-2H3,(H,26,27)/t13?,14-,21-/m1/s1. The molecular formula is C22H23ClN2O2. The zero-order valence-corrected chi connectivity index (χ0v) is 16.2. The molecule has 1 unspecified atom stereocenters. The van der Waals surface area contributed by atoms with Crippen molar-refractivity contribution in [3.8, 4) is 0 Å². The van der Waals surface area contributed by atoms with E-state index in [9.17, 15) is 9.90 Å². The van der Waals surface area contributed by atoms with Gasteiger partial charge in [-0.15, -0.1) is 0 Å². The summed E-state index contributed by atoms with van der Waals surface area (Å²) in [5.41, 5.74) is 4.74. The largest absolute Gasteiger partial charge is 0.481 e. The molecule has 3 atom stereocenters. The van der Waals surface area contributed by atoms with E-state index >= 15 is 0 Å². The van der Waals surface area contributed by atoms with Crippen LogP contribution in [0.2, 0.25) is 5.02 Å². The number of aromatic amines is 1. The van der Waals surface area contributed by atoms with Gasteiger partial charge in [0.2, 0.25) is 0 Å². The quantitative estimate of drug-likeness (QED) is 0.676. The monoisotopic (exact) mass is 382 g/mol. The Balaban J connectivity index is 1.86. The number of benzene rings is 2. The highest BCUT2D eigenvalue weighted by atomic mass is 35.5. The summed E-state index contributed by atoms with van der Waals surface area (Å²) in [6, 6.07) is 16.5. The van der Waals surface area contributed by atoms with E-state index in [-0.39, 0.29) is 12.1 Å². The molecule has 3 aromatic rings. The number of carboxylic acid groups (broad SMARTS) is 1. The topological polar surface area (TPSA) is 56.3 Å². The van der Waals surface area contributed by atoms with Crippen LogP contribution < -0.4 is 0 Å². The summed E-state index contributed by atoms with van der Waals surface area (Å²) in [6.45, 7) is 4.45. The molecule has 1 aromatic heterocycles. The first-order valence-corrected chi connectivity index (χ1v) is 9.67. The number of halogens is 1. The summed E-state index contributed by atoms with van der Waals surface area (Å²) < 4.78 is 0. The van der Waals surface area contributed by atoms with E-state index in [1.54, 1.807) is 6.92 Å². The van der Waals surface area contributed by atoms with Gasteiger partial charge in [0, 0.05) is 34.2 Å². The molecule has 140 valence electrons. The fourth-order valence-electron chi connectivity index (χ4n) is 4.19. The van der Waals surface area contributed by atoms with Crippen LogP contribution in [0.4, 0.5) is 0 Å². The number of nitrogens with zero attached hydrogens (tertiary/aromatic N) is 1. The van der Waals surface area contributed by atoms with Gasteiger partial charge in [-0.3, -0.25) is 9.69 Å². The lowest BCUT2D eigenvalue weighted by molar-refractivity contribution is -0.142. The third kappa shape index (κ3) is 3.24. The minimum Gasteiger partial charge on any atom is -0.481 e. The number of hydrogen-bond donors (Lipinski definition) is 2. The molecule has 5 heteroatoms. The number of aromatic nitrogens is 1. The van der Waals surface area contributed by atoms with Crippen LogP contribution in [-0.2, 0) is 11.2 Å². The Morgan fingerprint density at radius 2 is 1.96 bits per heavy atom. The van der Waals surface area contributed by atoms with Gasteiger partial charge in [0.1, 0.15) is 0 Å². The number of carboxylic acids is 1. The maximum absolute atomic E-state index is 11.5. The summed E-state index contributed by atoms with van der Waals surface area (Å²) in [5.74, 6) is -1.20. The first-order valence-electron chi connectivity index (χ1n) is 9.29. The number of aliphatic carboxylic acids is 1. The van der Waals surface area contributed by atoms with Gasteiger partial charge in [-0.2, -0.15) is 0 Å². The van der Waals surface area contributed by atoms with Crippen molar-refractivity contribution < 1.29 is 9.90 Å². The highest BCUT2D eigenvalue weighted by Gasteiger charge is 2.37. The lowest BCUT2D eigenvalue weighted by Gasteiger charge is -2.41. The van der Waals surface area contributed by atoms with Crippen molar-refractivity contribution >= 4 is 28.5 Å². The number of H-pyrrole nitrogens is 1. The Hall–Kier alpha value is -2.30. The Bertz CT molecular complexity index is 980. The average molecular weight is 383 g/mol. The van der Waals surface area contributed by atoms with Crippen LogP contribution in [0, 0.1) is 5.92 Å². The molecule has 27 heavy (non-hydrogen) atoms. The third-order valence-electron chi connectivity index (χ3n) is 5.61. The Morgan fingerprint density at radius 3 is 2.67 bits per heavy atom. The summed E-state index contributed by atoms with van der Waals surface area (Å²) >= 11 is 6.11. The first kappa shape index (κ1) is 18.1. The lowest BCUT2D eigenvalue weighted by Crippen LogP contribution is -2.45. The van der Waals surface area contributed by atoms with Crippen LogP contribution in [0.25, 0.3) is 10.9 Å². The van der Waals surface area contributed by atoms with Crippen molar-refractivity contribution in [3.63, 3.8) is 0 Å². The highest BCUT2D eigenvalue weighted by Crippen LogP contribution is 2.41. The van der Waals surface area contributed by atoms with E-state index in [0.717, 1.165) is 23.2 Å². The van der Waals surface area contributed by atoms with Crippen molar-refractivity contribution in [2.75, 3.05) is 6.54 Å². The van der Waals surface area contributed by atoms with E-state index in [1.807, 2.05) is 30.3 Å². The second kappa shape index (κ2) is 7.02. The van der Waals surface area contributed by atoms with Gasteiger partial charge in [-0.1, -0.05) is 48.9 Å². The van der Waals surface area contributed by atoms with Crippen molar-refractivity contribution in [2.24, 2.45) is 5.92 Å². The fraction of sp³-hybridized carbons (Fsp3) is 0.318. The van der Waals surface area contributed by atoms with Crippen LogP contribution >= 0.6 is 11.6 Å². The van der Waals surface area contributed by atoms with Crippen LogP contribution in [-0.4, -0.2) is 33.5 Å². The molecule has 0 saturated heterocycles.